The number of fused-ring (bicyclic) bond motifs is 2. The first-order valence-corrected chi connectivity index (χ1v) is 9.93. The van der Waals surface area contributed by atoms with Gasteiger partial charge in [-0.3, -0.25) is 4.79 Å². The summed E-state index contributed by atoms with van der Waals surface area (Å²) in [6.07, 6.45) is 1.43. The molecule has 0 amide bonds. The Hall–Kier alpha value is -2.27. The fraction of sp³-hybridized carbons (Fsp3) is 0.318. The van der Waals surface area contributed by atoms with E-state index in [1.165, 1.54) is 0 Å². The van der Waals surface area contributed by atoms with Crippen LogP contribution in [0.25, 0.3) is 0 Å². The maximum absolute atomic E-state index is 13.2. The van der Waals surface area contributed by atoms with E-state index in [0.717, 1.165) is 50.5 Å². The number of nitrogens with one attached hydrogen (secondary N) is 1. The highest BCUT2D eigenvalue weighted by molar-refractivity contribution is 9.10. The topological polar surface area (TPSA) is 47.6 Å². The van der Waals surface area contributed by atoms with Crippen molar-refractivity contribution >= 4 is 27.4 Å². The molecule has 0 aromatic heterocycles. The quantitative estimate of drug-likeness (QED) is 0.666. The number of allylic oxidation sites excluding steroid dienone is 2. The van der Waals surface area contributed by atoms with Crippen molar-refractivity contribution in [2.75, 3.05) is 12.1 Å². The molecule has 5 heteroatoms. The third-order valence-corrected chi connectivity index (χ3v) is 6.08. The van der Waals surface area contributed by atoms with Crippen LogP contribution in [0.4, 0.5) is 5.69 Å². The molecular weight excluding hydrogens is 406 g/mol. The van der Waals surface area contributed by atoms with Gasteiger partial charge in [0.25, 0.3) is 0 Å². The first-order valence-electron chi connectivity index (χ1n) is 9.14. The van der Waals surface area contributed by atoms with Gasteiger partial charge in [-0.2, -0.15) is 0 Å². The van der Waals surface area contributed by atoms with E-state index >= 15 is 0 Å². The molecule has 2 heterocycles. The summed E-state index contributed by atoms with van der Waals surface area (Å²) < 4.78 is 12.2. The zero-order chi connectivity index (χ0) is 18.8. The molecule has 0 fully saturated rings. The average Bonchev–Trinajstić information content (AvgIpc) is 3.05. The van der Waals surface area contributed by atoms with Gasteiger partial charge in [0.15, 0.2) is 17.3 Å². The third kappa shape index (κ3) is 2.76. The average molecular weight is 426 g/mol. The Bertz CT molecular complexity index is 991. The second kappa shape index (κ2) is 5.86. The van der Waals surface area contributed by atoms with Crippen molar-refractivity contribution in [1.29, 1.82) is 0 Å². The van der Waals surface area contributed by atoms with Gasteiger partial charge < -0.3 is 14.8 Å². The summed E-state index contributed by atoms with van der Waals surface area (Å²) in [4.78, 5) is 13.2. The lowest BCUT2D eigenvalue weighted by Gasteiger charge is -2.39. The lowest BCUT2D eigenvalue weighted by molar-refractivity contribution is -0.118. The number of ether oxygens (including phenoxy) is 2. The first-order chi connectivity index (χ1) is 12.9. The SMILES string of the molecule is CC1(C)CC(=O)C2=C(C1)Nc1cc3c(cc1[C@H]2c1ccc(Br)cc1)OCO3. The summed E-state index contributed by atoms with van der Waals surface area (Å²) in [7, 11) is 0. The van der Waals surface area contributed by atoms with Gasteiger partial charge >= 0.3 is 0 Å². The monoisotopic (exact) mass is 425 g/mol. The molecule has 0 bridgehead atoms. The Morgan fingerprint density at radius 3 is 2.52 bits per heavy atom. The normalized spacial score (nSPS) is 22.2. The molecule has 2 aromatic carbocycles. The molecule has 2 aliphatic heterocycles. The number of hydrogen-bond acceptors (Lipinski definition) is 4. The lowest BCUT2D eigenvalue weighted by atomic mass is 9.69. The second-order valence-electron chi connectivity index (χ2n) is 8.24. The standard InChI is InChI=1S/C22H20BrNO3/c1-22(2)9-16-21(17(25)10-22)20(12-3-5-13(23)6-4-12)14-7-18-19(27-11-26-18)8-15(14)24-16/h3-8,20,24H,9-11H2,1-2H3/t20-/m1/s1. The third-order valence-electron chi connectivity index (χ3n) is 5.55. The molecule has 0 saturated heterocycles. The van der Waals surface area contributed by atoms with Crippen molar-refractivity contribution in [3.05, 3.63) is 63.3 Å². The lowest BCUT2D eigenvalue weighted by Crippen LogP contribution is -2.33. The highest BCUT2D eigenvalue weighted by Crippen LogP contribution is 2.51. The van der Waals surface area contributed by atoms with E-state index in [4.69, 9.17) is 9.47 Å². The number of carbonyl (C=O) groups is 1. The highest BCUT2D eigenvalue weighted by Gasteiger charge is 2.41. The van der Waals surface area contributed by atoms with Crippen LogP contribution in [0.15, 0.2) is 52.1 Å². The van der Waals surface area contributed by atoms with E-state index in [1.54, 1.807) is 0 Å². The van der Waals surface area contributed by atoms with E-state index in [-0.39, 0.29) is 23.9 Å². The van der Waals surface area contributed by atoms with Gasteiger partial charge in [-0.05, 0) is 41.2 Å². The van der Waals surface area contributed by atoms with Crippen LogP contribution in [-0.4, -0.2) is 12.6 Å². The summed E-state index contributed by atoms with van der Waals surface area (Å²) in [5.74, 6) is 1.62. The number of ketones is 1. The molecule has 0 spiro atoms. The van der Waals surface area contributed by atoms with E-state index in [9.17, 15) is 4.79 Å². The molecule has 138 valence electrons. The van der Waals surface area contributed by atoms with Gasteiger partial charge in [0, 0.05) is 39.8 Å². The molecule has 1 atom stereocenters. The summed E-state index contributed by atoms with van der Waals surface area (Å²) in [6.45, 7) is 4.54. The molecule has 1 aliphatic carbocycles. The largest absolute Gasteiger partial charge is 0.454 e. The van der Waals surface area contributed by atoms with E-state index < -0.39 is 0 Å². The zero-order valence-corrected chi connectivity index (χ0v) is 16.9. The smallest absolute Gasteiger partial charge is 0.231 e. The number of halogens is 1. The molecule has 1 N–H and O–H groups in total. The van der Waals surface area contributed by atoms with Crippen LogP contribution < -0.4 is 14.8 Å². The van der Waals surface area contributed by atoms with Crippen molar-refractivity contribution in [2.45, 2.75) is 32.6 Å². The Balaban J connectivity index is 1.72. The van der Waals surface area contributed by atoms with Crippen molar-refractivity contribution in [3.8, 4) is 11.5 Å². The first kappa shape index (κ1) is 16.9. The van der Waals surface area contributed by atoms with Crippen LogP contribution in [0.1, 0.15) is 43.7 Å². The number of rotatable bonds is 1. The molecule has 27 heavy (non-hydrogen) atoms. The molecule has 3 aliphatic rings. The van der Waals surface area contributed by atoms with Crippen molar-refractivity contribution in [1.82, 2.24) is 0 Å². The molecular formula is C22H20BrNO3. The van der Waals surface area contributed by atoms with Crippen molar-refractivity contribution in [3.63, 3.8) is 0 Å². The van der Waals surface area contributed by atoms with E-state index in [1.807, 2.05) is 24.3 Å². The minimum atomic E-state index is -0.0950. The predicted octanol–water partition coefficient (Wildman–Crippen LogP) is 5.38. The van der Waals surface area contributed by atoms with Crippen LogP contribution in [0, 0.1) is 5.41 Å². The fourth-order valence-corrected chi connectivity index (χ4v) is 4.67. The molecule has 4 nitrogen and oxygen atoms in total. The number of hydrogen-bond donors (Lipinski definition) is 1. The van der Waals surface area contributed by atoms with E-state index in [0.29, 0.717) is 6.42 Å². The summed E-state index contributed by atoms with van der Waals surface area (Å²) in [6, 6.07) is 12.3. The molecule has 2 aromatic rings. The second-order valence-corrected chi connectivity index (χ2v) is 9.15. The number of benzene rings is 2. The van der Waals surface area contributed by atoms with Crippen molar-refractivity contribution in [2.24, 2.45) is 5.41 Å². The minimum Gasteiger partial charge on any atom is -0.454 e. The minimum absolute atomic E-state index is 0.0406. The zero-order valence-electron chi connectivity index (χ0n) is 15.3. The molecule has 0 unspecified atom stereocenters. The van der Waals surface area contributed by atoms with Gasteiger partial charge in [0.1, 0.15) is 0 Å². The number of carbonyl (C=O) groups excluding carboxylic acids is 1. The Kier molecular flexibility index (Phi) is 3.66. The summed E-state index contributed by atoms with van der Waals surface area (Å²) in [5.41, 5.74) is 5.06. The molecule has 0 radical (unpaired) electrons. The van der Waals surface area contributed by atoms with Crippen LogP contribution in [-0.2, 0) is 4.79 Å². The van der Waals surface area contributed by atoms with Gasteiger partial charge in [0.05, 0.1) is 0 Å². The molecule has 0 saturated carbocycles. The maximum atomic E-state index is 13.2. The number of anilines is 1. The Labute approximate surface area is 166 Å². The molecule has 5 rings (SSSR count). The summed E-state index contributed by atoms with van der Waals surface area (Å²) in [5, 5.41) is 3.54. The Morgan fingerprint density at radius 2 is 1.78 bits per heavy atom. The van der Waals surface area contributed by atoms with Gasteiger partial charge in [-0.25, -0.2) is 0 Å². The predicted molar refractivity (Wildman–Crippen MR) is 107 cm³/mol. The van der Waals surface area contributed by atoms with Gasteiger partial charge in [-0.1, -0.05) is 41.9 Å². The van der Waals surface area contributed by atoms with Crippen LogP contribution in [0.3, 0.4) is 0 Å². The van der Waals surface area contributed by atoms with Gasteiger partial charge in [-0.15, -0.1) is 0 Å². The van der Waals surface area contributed by atoms with Gasteiger partial charge in [0.2, 0.25) is 6.79 Å². The van der Waals surface area contributed by atoms with Crippen LogP contribution in [0.5, 0.6) is 11.5 Å². The fourth-order valence-electron chi connectivity index (χ4n) is 4.41. The van der Waals surface area contributed by atoms with Crippen molar-refractivity contribution < 1.29 is 14.3 Å². The van der Waals surface area contributed by atoms with Crippen LogP contribution >= 0.6 is 15.9 Å². The van der Waals surface area contributed by atoms with E-state index in [2.05, 4.69) is 47.2 Å². The Morgan fingerprint density at radius 1 is 1.07 bits per heavy atom. The van der Waals surface area contributed by atoms with Crippen LogP contribution in [0.2, 0.25) is 0 Å². The summed E-state index contributed by atoms with van der Waals surface area (Å²) >= 11 is 3.51. The highest BCUT2D eigenvalue weighted by atomic mass is 79.9. The maximum Gasteiger partial charge on any atom is 0.231 e. The number of Topliss-reactive ketones (excluding diaryl/α,β-unsaturated/α-hetero) is 1.